The van der Waals surface area contributed by atoms with E-state index in [1.54, 1.807) is 0 Å². The van der Waals surface area contributed by atoms with Gasteiger partial charge in [0.15, 0.2) is 11.6 Å². The van der Waals surface area contributed by atoms with Gasteiger partial charge in [-0.2, -0.15) is 0 Å². The first-order valence-electron chi connectivity index (χ1n) is 2.75. The quantitative estimate of drug-likeness (QED) is 0.536. The summed E-state index contributed by atoms with van der Waals surface area (Å²) < 4.78 is 35.5. The lowest BCUT2D eigenvalue weighted by atomic mass is 10.3. The molecule has 0 fully saturated rings. The van der Waals surface area contributed by atoms with Crippen LogP contribution < -0.4 is 0 Å². The van der Waals surface area contributed by atoms with Crippen molar-refractivity contribution in [3.8, 4) is 0 Å². The summed E-state index contributed by atoms with van der Waals surface area (Å²) in [4.78, 5) is -0.128. The summed E-state index contributed by atoms with van der Waals surface area (Å²) in [6.45, 7) is 0. The summed E-state index contributed by atoms with van der Waals surface area (Å²) in [7, 11) is 3.21. The van der Waals surface area contributed by atoms with Gasteiger partial charge in [0, 0.05) is 0 Å². The molecule has 0 aliphatic carbocycles. The highest BCUT2D eigenvalue weighted by Crippen LogP contribution is 2.24. The van der Waals surface area contributed by atoms with Gasteiger partial charge in [-0.25, -0.2) is 13.0 Å². The first-order chi connectivity index (χ1) is 5.52. The molecule has 0 saturated heterocycles. The summed E-state index contributed by atoms with van der Waals surface area (Å²) in [6, 6.07) is 1.44. The Hall–Kier alpha value is -0.190. The Morgan fingerprint density at radius 2 is 1.75 bits per heavy atom. The Morgan fingerprint density at radius 1 is 1.25 bits per heavy atom. The van der Waals surface area contributed by atoms with E-state index in [-0.39, 0.29) is 9.92 Å². The fourth-order valence-electron chi connectivity index (χ4n) is 0.627. The van der Waals surface area contributed by atoms with Crippen LogP contribution in [0, 0.1) is 11.6 Å². The van der Waals surface area contributed by atoms with Crippen molar-refractivity contribution in [1.82, 2.24) is 0 Å². The van der Waals surface area contributed by atoms with E-state index >= 15 is 0 Å². The SMILES string of the molecule is O=S(Cl)c1cc(F)c(F)cc1Cl. The summed E-state index contributed by atoms with van der Waals surface area (Å²) in [5.41, 5.74) is 0. The van der Waals surface area contributed by atoms with E-state index < -0.39 is 21.6 Å². The molecular formula is C6H2Cl2F2OS. The maximum atomic E-state index is 12.5. The molecule has 0 amide bonds. The molecule has 1 rings (SSSR count). The molecule has 66 valence electrons. The van der Waals surface area contributed by atoms with Crippen LogP contribution in [0.25, 0.3) is 0 Å². The molecule has 0 saturated carbocycles. The predicted octanol–water partition coefficient (Wildman–Crippen LogP) is 2.88. The molecule has 0 heterocycles. The van der Waals surface area contributed by atoms with Crippen molar-refractivity contribution in [3.05, 3.63) is 28.8 Å². The molecule has 1 nitrogen and oxygen atoms in total. The van der Waals surface area contributed by atoms with Crippen molar-refractivity contribution in [2.75, 3.05) is 0 Å². The molecule has 0 N–H and O–H groups in total. The number of benzene rings is 1. The second kappa shape index (κ2) is 3.68. The normalized spacial score (nSPS) is 13.0. The van der Waals surface area contributed by atoms with Crippen LogP contribution in [0.4, 0.5) is 8.78 Å². The Balaban J connectivity index is 3.33. The van der Waals surface area contributed by atoms with E-state index in [1.807, 2.05) is 0 Å². The van der Waals surface area contributed by atoms with Crippen LogP contribution >= 0.6 is 22.3 Å². The molecule has 0 aliphatic rings. The van der Waals surface area contributed by atoms with Crippen molar-refractivity contribution in [3.63, 3.8) is 0 Å². The van der Waals surface area contributed by atoms with Crippen LogP contribution in [0.3, 0.4) is 0 Å². The highest BCUT2D eigenvalue weighted by atomic mass is 35.7. The van der Waals surface area contributed by atoms with Gasteiger partial charge in [0.25, 0.3) is 0 Å². The minimum atomic E-state index is -1.93. The molecule has 1 aromatic carbocycles. The number of hydrogen-bond acceptors (Lipinski definition) is 1. The van der Waals surface area contributed by atoms with Crippen molar-refractivity contribution in [2.45, 2.75) is 4.90 Å². The van der Waals surface area contributed by atoms with E-state index in [2.05, 4.69) is 0 Å². The van der Waals surface area contributed by atoms with Gasteiger partial charge in [0.2, 0.25) is 0 Å². The second-order valence-corrected chi connectivity index (χ2v) is 4.06. The smallest absolute Gasteiger partial charge is 0.160 e. The van der Waals surface area contributed by atoms with Gasteiger partial charge in [-0.1, -0.05) is 11.6 Å². The summed E-state index contributed by atoms with van der Waals surface area (Å²) in [5.74, 6) is -2.21. The molecule has 0 radical (unpaired) electrons. The Kier molecular flexibility index (Phi) is 3.04. The van der Waals surface area contributed by atoms with E-state index in [9.17, 15) is 13.0 Å². The molecule has 6 heteroatoms. The number of rotatable bonds is 1. The third-order valence-corrected chi connectivity index (χ3v) is 2.75. The fourth-order valence-corrected chi connectivity index (χ4v) is 1.90. The van der Waals surface area contributed by atoms with Crippen LogP contribution in [-0.2, 0) is 10.0 Å². The summed E-state index contributed by atoms with van der Waals surface area (Å²) >= 11 is 5.41. The van der Waals surface area contributed by atoms with E-state index in [0.29, 0.717) is 6.07 Å². The zero-order valence-corrected chi connectivity index (χ0v) is 7.81. The van der Waals surface area contributed by atoms with Crippen molar-refractivity contribution >= 4 is 32.3 Å². The topological polar surface area (TPSA) is 17.1 Å². The molecule has 12 heavy (non-hydrogen) atoms. The van der Waals surface area contributed by atoms with Gasteiger partial charge in [-0.3, -0.25) is 0 Å². The third-order valence-electron chi connectivity index (χ3n) is 1.15. The molecule has 0 aliphatic heterocycles. The highest BCUT2D eigenvalue weighted by Gasteiger charge is 2.11. The van der Waals surface area contributed by atoms with Crippen LogP contribution in [-0.4, -0.2) is 4.21 Å². The van der Waals surface area contributed by atoms with Crippen LogP contribution in [0.2, 0.25) is 5.02 Å². The Bertz CT molecular complexity index is 343. The van der Waals surface area contributed by atoms with Crippen LogP contribution in [0.15, 0.2) is 17.0 Å². The maximum Gasteiger partial charge on any atom is 0.160 e. The van der Waals surface area contributed by atoms with E-state index in [1.165, 1.54) is 0 Å². The molecule has 0 bridgehead atoms. The first-order valence-corrected chi connectivity index (χ1v) is 5.10. The van der Waals surface area contributed by atoms with Crippen molar-refractivity contribution in [2.24, 2.45) is 0 Å². The molecule has 1 aromatic rings. The first kappa shape index (κ1) is 9.89. The van der Waals surface area contributed by atoms with Gasteiger partial charge < -0.3 is 0 Å². The largest absolute Gasteiger partial charge is 0.237 e. The average molecular weight is 231 g/mol. The van der Waals surface area contributed by atoms with E-state index in [4.69, 9.17) is 22.3 Å². The van der Waals surface area contributed by atoms with Gasteiger partial charge in [0.1, 0.15) is 10.0 Å². The lowest BCUT2D eigenvalue weighted by molar-refractivity contribution is 0.505. The minimum absolute atomic E-state index is 0.128. The van der Waals surface area contributed by atoms with Crippen molar-refractivity contribution < 1.29 is 13.0 Å². The molecular weight excluding hydrogens is 229 g/mol. The lowest BCUT2D eigenvalue weighted by Gasteiger charge is -1.98. The molecule has 1 unspecified atom stereocenters. The monoisotopic (exact) mass is 230 g/mol. The predicted molar refractivity (Wildman–Crippen MR) is 43.6 cm³/mol. The standard InChI is InChI=1S/C6H2Cl2F2OS/c7-3-1-4(9)5(10)2-6(3)12(8)11/h1-2H. The molecule has 0 spiro atoms. The zero-order valence-electron chi connectivity index (χ0n) is 5.48. The fraction of sp³-hybridized carbons (Fsp3) is 0. The second-order valence-electron chi connectivity index (χ2n) is 1.92. The molecule has 1 atom stereocenters. The van der Waals surface area contributed by atoms with Gasteiger partial charge >= 0.3 is 0 Å². The summed E-state index contributed by atoms with van der Waals surface area (Å²) in [5, 5.41) is -0.151. The number of halogens is 4. The minimum Gasteiger partial charge on any atom is -0.237 e. The van der Waals surface area contributed by atoms with Gasteiger partial charge in [-0.05, 0) is 22.8 Å². The van der Waals surface area contributed by atoms with Crippen LogP contribution in [0.5, 0.6) is 0 Å². The zero-order chi connectivity index (χ0) is 9.30. The Morgan fingerprint density at radius 3 is 2.25 bits per heavy atom. The third kappa shape index (κ3) is 1.94. The Labute approximate surface area is 79.2 Å². The molecule has 0 aromatic heterocycles. The van der Waals surface area contributed by atoms with E-state index in [0.717, 1.165) is 6.07 Å². The van der Waals surface area contributed by atoms with Gasteiger partial charge in [-0.15, -0.1) is 0 Å². The number of hydrogen-bond donors (Lipinski definition) is 0. The summed E-state index contributed by atoms with van der Waals surface area (Å²) in [6.07, 6.45) is 0. The maximum absolute atomic E-state index is 12.5. The highest BCUT2D eigenvalue weighted by molar-refractivity contribution is 8.08. The average Bonchev–Trinajstić information content (AvgIpc) is 1.96. The van der Waals surface area contributed by atoms with Crippen LogP contribution in [0.1, 0.15) is 0 Å². The van der Waals surface area contributed by atoms with Gasteiger partial charge in [0.05, 0.1) is 9.92 Å². The lowest BCUT2D eigenvalue weighted by Crippen LogP contribution is -1.90. The van der Waals surface area contributed by atoms with Crippen molar-refractivity contribution in [1.29, 1.82) is 0 Å².